The zero-order valence-electron chi connectivity index (χ0n) is 21.7. The van der Waals surface area contributed by atoms with Gasteiger partial charge in [-0.25, -0.2) is 4.68 Å². The zero-order valence-corrected chi connectivity index (χ0v) is 21.7. The maximum atomic E-state index is 13.7. The number of benzene rings is 3. The van der Waals surface area contributed by atoms with Gasteiger partial charge in [-0.2, -0.15) is 5.10 Å². The van der Waals surface area contributed by atoms with Crippen molar-refractivity contribution < 1.29 is 14.3 Å². The van der Waals surface area contributed by atoms with Crippen molar-refractivity contribution in [3.05, 3.63) is 113 Å². The summed E-state index contributed by atoms with van der Waals surface area (Å²) in [6.07, 6.45) is 1.53. The number of methoxy groups -OCH3 is 1. The number of aryl methyl sites for hydroxylation is 2. The molecule has 1 atom stereocenters. The highest BCUT2D eigenvalue weighted by atomic mass is 16.5. The van der Waals surface area contributed by atoms with Crippen LogP contribution < -0.4 is 20.7 Å². The number of para-hydroxylation sites is 2. The predicted octanol–water partition coefficient (Wildman–Crippen LogP) is 5.69. The summed E-state index contributed by atoms with van der Waals surface area (Å²) >= 11 is 0. The van der Waals surface area contributed by atoms with Crippen LogP contribution in [0.5, 0.6) is 5.75 Å². The van der Waals surface area contributed by atoms with Crippen molar-refractivity contribution in [2.45, 2.75) is 26.8 Å². The maximum absolute atomic E-state index is 13.7. The molecule has 4 aromatic rings. The second-order valence-electron chi connectivity index (χ2n) is 9.31. The number of hydrogen-bond acceptors (Lipinski definition) is 5. The standard InChI is InChI=1S/C30H29N5O3/c1-18-12-14-22(15-13-18)33-29(36)23-17-31-35-27(21-9-7-8-19(2)16-21)26(20(3)32-28(23)35)30(37)34-24-10-5-6-11-25(24)38-4/h5-17,27,32H,1-4H3,(H,33,36)(H,34,37)/t27-/m1/s1. The van der Waals surface area contributed by atoms with E-state index in [1.54, 1.807) is 23.9 Å². The largest absolute Gasteiger partial charge is 0.495 e. The molecule has 38 heavy (non-hydrogen) atoms. The molecule has 5 rings (SSSR count). The Kier molecular flexibility index (Phi) is 6.70. The number of hydrogen-bond donors (Lipinski definition) is 3. The quantitative estimate of drug-likeness (QED) is 0.312. The van der Waals surface area contributed by atoms with Crippen molar-refractivity contribution in [1.29, 1.82) is 0 Å². The Bertz CT molecular complexity index is 1550. The van der Waals surface area contributed by atoms with Gasteiger partial charge in [0.05, 0.1) is 24.6 Å². The van der Waals surface area contributed by atoms with Crippen molar-refractivity contribution >= 4 is 29.0 Å². The van der Waals surface area contributed by atoms with E-state index in [4.69, 9.17) is 4.74 Å². The van der Waals surface area contributed by atoms with Gasteiger partial charge in [-0.15, -0.1) is 0 Å². The average Bonchev–Trinajstić information content (AvgIpc) is 3.33. The molecule has 3 aromatic carbocycles. The number of ether oxygens (including phenoxy) is 1. The lowest BCUT2D eigenvalue weighted by atomic mass is 9.93. The Morgan fingerprint density at radius 3 is 2.39 bits per heavy atom. The Morgan fingerprint density at radius 2 is 1.66 bits per heavy atom. The number of nitrogens with one attached hydrogen (secondary N) is 3. The number of carbonyl (C=O) groups is 2. The highest BCUT2D eigenvalue weighted by Gasteiger charge is 2.35. The first-order chi connectivity index (χ1) is 18.4. The van der Waals surface area contributed by atoms with Gasteiger partial charge in [0.25, 0.3) is 11.8 Å². The zero-order chi connectivity index (χ0) is 26.8. The van der Waals surface area contributed by atoms with Crippen LogP contribution in [0.4, 0.5) is 17.2 Å². The fourth-order valence-corrected chi connectivity index (χ4v) is 4.64. The molecule has 0 fully saturated rings. The molecule has 0 saturated heterocycles. The summed E-state index contributed by atoms with van der Waals surface area (Å²) in [4.78, 5) is 27.0. The van der Waals surface area contributed by atoms with E-state index in [0.29, 0.717) is 39.8 Å². The minimum Gasteiger partial charge on any atom is -0.495 e. The van der Waals surface area contributed by atoms with Crippen molar-refractivity contribution in [2.75, 3.05) is 23.1 Å². The maximum Gasteiger partial charge on any atom is 0.261 e. The highest BCUT2D eigenvalue weighted by Crippen LogP contribution is 2.38. The van der Waals surface area contributed by atoms with Crippen molar-refractivity contribution in [1.82, 2.24) is 9.78 Å². The molecule has 1 aromatic heterocycles. The molecule has 0 spiro atoms. The summed E-state index contributed by atoms with van der Waals surface area (Å²) in [5.41, 5.74) is 5.78. The van der Waals surface area contributed by atoms with Crippen LogP contribution >= 0.6 is 0 Å². The summed E-state index contributed by atoms with van der Waals surface area (Å²) in [7, 11) is 1.56. The Balaban J connectivity index is 1.54. The molecule has 2 amide bonds. The monoisotopic (exact) mass is 507 g/mol. The summed E-state index contributed by atoms with van der Waals surface area (Å²) in [5, 5.41) is 13.8. The summed E-state index contributed by atoms with van der Waals surface area (Å²) in [5.74, 6) is 0.496. The summed E-state index contributed by atoms with van der Waals surface area (Å²) in [6.45, 7) is 5.82. The molecule has 3 N–H and O–H groups in total. The molecule has 1 aliphatic heterocycles. The van der Waals surface area contributed by atoms with E-state index in [2.05, 4.69) is 21.0 Å². The third-order valence-electron chi connectivity index (χ3n) is 6.54. The first kappa shape index (κ1) is 24.8. The smallest absolute Gasteiger partial charge is 0.261 e. The molecule has 1 aliphatic rings. The molecule has 0 saturated carbocycles. The molecule has 192 valence electrons. The van der Waals surface area contributed by atoms with E-state index in [-0.39, 0.29) is 11.8 Å². The van der Waals surface area contributed by atoms with Crippen LogP contribution in [-0.4, -0.2) is 28.7 Å². The number of amides is 2. The first-order valence-corrected chi connectivity index (χ1v) is 12.3. The fraction of sp³-hybridized carbons (Fsp3) is 0.167. The Morgan fingerprint density at radius 1 is 0.895 bits per heavy atom. The fourth-order valence-electron chi connectivity index (χ4n) is 4.64. The molecule has 0 radical (unpaired) electrons. The van der Waals surface area contributed by atoms with Gasteiger partial charge in [0, 0.05) is 11.4 Å². The first-order valence-electron chi connectivity index (χ1n) is 12.3. The number of fused-ring (bicyclic) bond motifs is 1. The van der Waals surface area contributed by atoms with E-state index in [1.165, 1.54) is 6.20 Å². The molecule has 0 aliphatic carbocycles. The van der Waals surface area contributed by atoms with E-state index in [0.717, 1.165) is 16.7 Å². The van der Waals surface area contributed by atoms with Crippen molar-refractivity contribution in [3.8, 4) is 5.75 Å². The van der Waals surface area contributed by atoms with Crippen LogP contribution in [-0.2, 0) is 4.79 Å². The minimum absolute atomic E-state index is 0.291. The minimum atomic E-state index is -0.554. The van der Waals surface area contributed by atoms with Gasteiger partial charge in [0.15, 0.2) is 0 Å². The lowest BCUT2D eigenvalue weighted by molar-refractivity contribution is -0.113. The van der Waals surface area contributed by atoms with Gasteiger partial charge >= 0.3 is 0 Å². The lowest BCUT2D eigenvalue weighted by Crippen LogP contribution is -2.32. The van der Waals surface area contributed by atoms with E-state index >= 15 is 0 Å². The number of carbonyl (C=O) groups excluding carboxylic acids is 2. The molecule has 0 unspecified atom stereocenters. The molecular weight excluding hydrogens is 478 g/mol. The molecule has 8 nitrogen and oxygen atoms in total. The number of aromatic nitrogens is 2. The van der Waals surface area contributed by atoms with E-state index in [9.17, 15) is 9.59 Å². The van der Waals surface area contributed by atoms with Crippen LogP contribution in [0.25, 0.3) is 0 Å². The second-order valence-corrected chi connectivity index (χ2v) is 9.31. The van der Waals surface area contributed by atoms with Gasteiger partial charge in [0.2, 0.25) is 0 Å². The van der Waals surface area contributed by atoms with E-state index < -0.39 is 6.04 Å². The van der Waals surface area contributed by atoms with Crippen LogP contribution in [0.3, 0.4) is 0 Å². The summed E-state index contributed by atoms with van der Waals surface area (Å²) in [6, 6.07) is 22.2. The normalized spacial score (nSPS) is 14.4. The van der Waals surface area contributed by atoms with Gasteiger partial charge in [0.1, 0.15) is 23.2 Å². The van der Waals surface area contributed by atoms with Gasteiger partial charge in [-0.1, -0.05) is 59.7 Å². The van der Waals surface area contributed by atoms with Gasteiger partial charge in [-0.05, 0) is 50.6 Å². The SMILES string of the molecule is COc1ccccc1NC(=O)C1=C(C)Nc2c(C(=O)Nc3ccc(C)cc3)cnn2[C@@H]1c1cccc(C)c1. The molecule has 0 bridgehead atoms. The Labute approximate surface area is 221 Å². The molecule has 8 heteroatoms. The molecular formula is C30H29N5O3. The number of rotatable bonds is 6. The topological polar surface area (TPSA) is 97.3 Å². The number of allylic oxidation sites excluding steroid dienone is 1. The average molecular weight is 508 g/mol. The van der Waals surface area contributed by atoms with Gasteiger partial charge in [-0.3, -0.25) is 9.59 Å². The second kappa shape index (κ2) is 10.3. The van der Waals surface area contributed by atoms with Crippen LogP contribution in [0.2, 0.25) is 0 Å². The van der Waals surface area contributed by atoms with Crippen molar-refractivity contribution in [2.24, 2.45) is 0 Å². The third-order valence-corrected chi connectivity index (χ3v) is 6.54. The van der Waals surface area contributed by atoms with Crippen LogP contribution in [0, 0.1) is 13.8 Å². The van der Waals surface area contributed by atoms with Crippen LogP contribution in [0.1, 0.15) is 40.0 Å². The van der Waals surface area contributed by atoms with Gasteiger partial charge < -0.3 is 20.7 Å². The lowest BCUT2D eigenvalue weighted by Gasteiger charge is -2.30. The molecule has 2 heterocycles. The summed E-state index contributed by atoms with van der Waals surface area (Å²) < 4.78 is 7.12. The van der Waals surface area contributed by atoms with E-state index in [1.807, 2.05) is 81.4 Å². The van der Waals surface area contributed by atoms with Crippen molar-refractivity contribution in [3.63, 3.8) is 0 Å². The number of anilines is 3. The third kappa shape index (κ3) is 4.76. The highest BCUT2D eigenvalue weighted by molar-refractivity contribution is 6.09. The Hall–Kier alpha value is -4.85. The predicted molar refractivity (Wildman–Crippen MR) is 149 cm³/mol. The number of nitrogens with zero attached hydrogens (tertiary/aromatic N) is 2. The van der Waals surface area contributed by atoms with Crippen LogP contribution in [0.15, 0.2) is 90.3 Å².